The third kappa shape index (κ3) is 3.31. The minimum absolute atomic E-state index is 0.758. The van der Waals surface area contributed by atoms with Crippen LogP contribution >= 0.6 is 0 Å². The molecule has 0 aliphatic carbocycles. The maximum Gasteiger partial charge on any atom is 0.151 e. The second-order valence-electron chi connectivity index (χ2n) is 5.55. The predicted octanol–water partition coefficient (Wildman–Crippen LogP) is 1.69. The Hall–Kier alpha value is -2.14. The first kappa shape index (κ1) is 13.8. The Bertz CT molecular complexity index is 605. The molecule has 1 aliphatic heterocycles. The second-order valence-corrected chi connectivity index (χ2v) is 5.55. The summed E-state index contributed by atoms with van der Waals surface area (Å²) in [6, 6.07) is 5.99. The normalized spacial score (nSPS) is 16.1. The molecule has 0 unspecified atom stereocenters. The molecule has 5 heteroatoms. The Kier molecular flexibility index (Phi) is 4.01. The first-order chi connectivity index (χ1) is 10.2. The van der Waals surface area contributed by atoms with E-state index in [2.05, 4.69) is 32.8 Å². The molecule has 2 aromatic rings. The number of anilines is 2. The van der Waals surface area contributed by atoms with Crippen LogP contribution in [0.4, 0.5) is 11.5 Å². The fraction of sp³-hybridized carbons (Fsp3) is 0.375. The van der Waals surface area contributed by atoms with Gasteiger partial charge >= 0.3 is 0 Å². The molecule has 0 radical (unpaired) electrons. The van der Waals surface area contributed by atoms with Crippen LogP contribution in [0.2, 0.25) is 0 Å². The zero-order valence-corrected chi connectivity index (χ0v) is 12.4. The molecule has 110 valence electrons. The third-order valence-corrected chi connectivity index (χ3v) is 3.83. The average molecular weight is 283 g/mol. The molecule has 0 amide bonds. The van der Waals surface area contributed by atoms with E-state index in [0.29, 0.717) is 0 Å². The monoisotopic (exact) mass is 283 g/mol. The lowest BCUT2D eigenvalue weighted by Crippen LogP contribution is -2.46. The quantitative estimate of drug-likeness (QED) is 0.929. The maximum atomic E-state index is 6.00. The number of rotatable bonds is 3. The van der Waals surface area contributed by atoms with Crippen molar-refractivity contribution in [2.75, 3.05) is 36.8 Å². The van der Waals surface area contributed by atoms with Crippen molar-refractivity contribution in [2.45, 2.75) is 13.5 Å². The predicted molar refractivity (Wildman–Crippen MR) is 85.1 cm³/mol. The largest absolute Gasteiger partial charge is 0.396 e. The van der Waals surface area contributed by atoms with Gasteiger partial charge in [0.25, 0.3) is 0 Å². The van der Waals surface area contributed by atoms with E-state index in [1.165, 1.54) is 11.1 Å². The van der Waals surface area contributed by atoms with E-state index >= 15 is 0 Å². The van der Waals surface area contributed by atoms with Gasteiger partial charge in [0, 0.05) is 51.3 Å². The summed E-state index contributed by atoms with van der Waals surface area (Å²) in [5.74, 6) is 0.911. The Morgan fingerprint density at radius 2 is 2.00 bits per heavy atom. The minimum Gasteiger partial charge on any atom is -0.396 e. The molecule has 0 atom stereocenters. The number of nitrogens with zero attached hydrogens (tertiary/aromatic N) is 4. The highest BCUT2D eigenvalue weighted by Crippen LogP contribution is 2.21. The van der Waals surface area contributed by atoms with Crippen molar-refractivity contribution in [2.24, 2.45) is 0 Å². The number of aryl methyl sites for hydroxylation is 1. The molecule has 2 N–H and O–H groups in total. The standard InChI is InChI=1S/C16H21N5/c1-13-9-14(11-18-10-13)12-20-5-7-21(8-6-20)16-15(17)3-2-4-19-16/h2-4,9-11H,5-8,12,17H2,1H3. The fourth-order valence-corrected chi connectivity index (χ4v) is 2.75. The Labute approximate surface area is 125 Å². The molecule has 3 heterocycles. The molecule has 1 fully saturated rings. The molecule has 2 aromatic heterocycles. The zero-order chi connectivity index (χ0) is 14.7. The molecule has 21 heavy (non-hydrogen) atoms. The smallest absolute Gasteiger partial charge is 0.151 e. The lowest BCUT2D eigenvalue weighted by Gasteiger charge is -2.35. The summed E-state index contributed by atoms with van der Waals surface area (Å²) in [4.78, 5) is 13.4. The van der Waals surface area contributed by atoms with Gasteiger partial charge in [0.2, 0.25) is 0 Å². The number of aromatic nitrogens is 2. The van der Waals surface area contributed by atoms with Crippen LogP contribution in [0.15, 0.2) is 36.8 Å². The summed E-state index contributed by atoms with van der Waals surface area (Å²) in [6.45, 7) is 6.99. The third-order valence-electron chi connectivity index (χ3n) is 3.83. The summed E-state index contributed by atoms with van der Waals surface area (Å²) in [5.41, 5.74) is 9.25. The van der Waals surface area contributed by atoms with Crippen molar-refractivity contribution in [3.63, 3.8) is 0 Å². The van der Waals surface area contributed by atoms with E-state index in [-0.39, 0.29) is 0 Å². The molecule has 1 aliphatic rings. The summed E-state index contributed by atoms with van der Waals surface area (Å²) in [5, 5.41) is 0. The highest BCUT2D eigenvalue weighted by molar-refractivity contribution is 5.62. The summed E-state index contributed by atoms with van der Waals surface area (Å²) in [6.07, 6.45) is 5.65. The van der Waals surface area contributed by atoms with Crippen molar-refractivity contribution >= 4 is 11.5 Å². The van der Waals surface area contributed by atoms with Crippen LogP contribution in [-0.4, -0.2) is 41.0 Å². The summed E-state index contributed by atoms with van der Waals surface area (Å²) >= 11 is 0. The van der Waals surface area contributed by atoms with Crippen LogP contribution in [0.3, 0.4) is 0 Å². The second kappa shape index (κ2) is 6.10. The van der Waals surface area contributed by atoms with Gasteiger partial charge in [0.1, 0.15) is 0 Å². The van der Waals surface area contributed by atoms with Gasteiger partial charge in [-0.15, -0.1) is 0 Å². The summed E-state index contributed by atoms with van der Waals surface area (Å²) in [7, 11) is 0. The molecule has 5 nitrogen and oxygen atoms in total. The van der Waals surface area contributed by atoms with Crippen molar-refractivity contribution in [3.05, 3.63) is 47.9 Å². The topological polar surface area (TPSA) is 58.3 Å². The number of hydrogen-bond acceptors (Lipinski definition) is 5. The number of piperazine rings is 1. The average Bonchev–Trinajstić information content (AvgIpc) is 2.49. The van der Waals surface area contributed by atoms with Crippen LogP contribution in [0.5, 0.6) is 0 Å². The lowest BCUT2D eigenvalue weighted by molar-refractivity contribution is 0.249. The molecule has 0 saturated carbocycles. The number of pyridine rings is 2. The van der Waals surface area contributed by atoms with Crippen LogP contribution in [-0.2, 0) is 6.54 Å². The minimum atomic E-state index is 0.758. The Morgan fingerprint density at radius 1 is 1.19 bits per heavy atom. The van der Waals surface area contributed by atoms with Gasteiger partial charge in [-0.3, -0.25) is 9.88 Å². The van der Waals surface area contributed by atoms with E-state index in [4.69, 9.17) is 5.73 Å². The lowest BCUT2D eigenvalue weighted by atomic mass is 10.2. The van der Waals surface area contributed by atoms with Gasteiger partial charge in [-0.05, 0) is 30.2 Å². The van der Waals surface area contributed by atoms with Gasteiger partial charge in [-0.2, -0.15) is 0 Å². The van der Waals surface area contributed by atoms with E-state index in [1.54, 1.807) is 6.20 Å². The Morgan fingerprint density at radius 3 is 2.71 bits per heavy atom. The SMILES string of the molecule is Cc1cncc(CN2CCN(c3ncccc3N)CC2)c1. The number of hydrogen-bond donors (Lipinski definition) is 1. The van der Waals surface area contributed by atoms with Crippen molar-refractivity contribution in [3.8, 4) is 0 Å². The highest BCUT2D eigenvalue weighted by Gasteiger charge is 2.19. The number of nitrogens with two attached hydrogens (primary N) is 1. The number of nitrogen functional groups attached to an aromatic ring is 1. The molecular formula is C16H21N5. The molecule has 0 aromatic carbocycles. The molecular weight excluding hydrogens is 262 g/mol. The first-order valence-corrected chi connectivity index (χ1v) is 7.31. The highest BCUT2D eigenvalue weighted by atomic mass is 15.3. The van der Waals surface area contributed by atoms with Gasteiger partial charge in [0.15, 0.2) is 5.82 Å². The van der Waals surface area contributed by atoms with E-state index in [1.807, 2.05) is 24.5 Å². The van der Waals surface area contributed by atoms with E-state index < -0.39 is 0 Å². The maximum absolute atomic E-state index is 6.00. The molecule has 0 spiro atoms. The summed E-state index contributed by atoms with van der Waals surface area (Å²) < 4.78 is 0. The van der Waals surface area contributed by atoms with Crippen LogP contribution in [0, 0.1) is 6.92 Å². The van der Waals surface area contributed by atoms with Crippen LogP contribution < -0.4 is 10.6 Å². The van der Waals surface area contributed by atoms with Gasteiger partial charge < -0.3 is 10.6 Å². The first-order valence-electron chi connectivity index (χ1n) is 7.31. The van der Waals surface area contributed by atoms with Crippen LogP contribution in [0.25, 0.3) is 0 Å². The molecule has 3 rings (SSSR count). The fourth-order valence-electron chi connectivity index (χ4n) is 2.75. The van der Waals surface area contributed by atoms with Crippen molar-refractivity contribution in [1.29, 1.82) is 0 Å². The van der Waals surface area contributed by atoms with Gasteiger partial charge in [0.05, 0.1) is 5.69 Å². The van der Waals surface area contributed by atoms with Gasteiger partial charge in [-0.25, -0.2) is 4.98 Å². The van der Waals surface area contributed by atoms with Crippen LogP contribution in [0.1, 0.15) is 11.1 Å². The zero-order valence-electron chi connectivity index (χ0n) is 12.4. The van der Waals surface area contributed by atoms with Crippen molar-refractivity contribution in [1.82, 2.24) is 14.9 Å². The van der Waals surface area contributed by atoms with E-state index in [0.717, 1.165) is 44.2 Å². The van der Waals surface area contributed by atoms with Gasteiger partial charge in [-0.1, -0.05) is 6.07 Å². The molecule has 0 bridgehead atoms. The molecule has 1 saturated heterocycles. The Balaban J connectivity index is 1.59. The van der Waals surface area contributed by atoms with Crippen molar-refractivity contribution < 1.29 is 0 Å². The van der Waals surface area contributed by atoms with E-state index in [9.17, 15) is 0 Å².